The van der Waals surface area contributed by atoms with Crippen molar-refractivity contribution < 1.29 is 14.0 Å². The van der Waals surface area contributed by atoms with E-state index in [0.717, 1.165) is 16.7 Å². The number of primary amides is 1. The third-order valence-corrected chi connectivity index (χ3v) is 5.75. The Hall–Kier alpha value is -3.54. The van der Waals surface area contributed by atoms with Crippen LogP contribution in [0.3, 0.4) is 0 Å². The highest BCUT2D eigenvalue weighted by Crippen LogP contribution is 2.37. The number of halogens is 1. The molecule has 2 heterocycles. The molecule has 30 heavy (non-hydrogen) atoms. The summed E-state index contributed by atoms with van der Waals surface area (Å²) >= 11 is 0. The summed E-state index contributed by atoms with van der Waals surface area (Å²) in [6.07, 6.45) is 4.37. The van der Waals surface area contributed by atoms with Crippen molar-refractivity contribution in [2.24, 2.45) is 11.1 Å². The van der Waals surface area contributed by atoms with Gasteiger partial charge in [0, 0.05) is 36.6 Å². The van der Waals surface area contributed by atoms with E-state index in [9.17, 15) is 14.0 Å². The molecule has 0 spiro atoms. The number of likely N-dealkylation sites (tertiary alicyclic amines) is 1. The van der Waals surface area contributed by atoms with Crippen LogP contribution >= 0.6 is 0 Å². The molecular weight excluding hydrogens is 381 g/mol. The Morgan fingerprint density at radius 2 is 1.93 bits per heavy atom. The molecule has 1 fully saturated rings. The van der Waals surface area contributed by atoms with Crippen molar-refractivity contribution in [2.45, 2.75) is 12.8 Å². The van der Waals surface area contributed by atoms with E-state index >= 15 is 0 Å². The average Bonchev–Trinajstić information content (AvgIpc) is 3.20. The third-order valence-electron chi connectivity index (χ3n) is 5.75. The first-order valence-corrected chi connectivity index (χ1v) is 9.82. The summed E-state index contributed by atoms with van der Waals surface area (Å²) in [5.41, 5.74) is 8.16. The summed E-state index contributed by atoms with van der Waals surface area (Å²) in [6.45, 7) is 0.604. The molecule has 1 saturated heterocycles. The monoisotopic (exact) mass is 403 g/mol. The molecule has 4 rings (SSSR count). The zero-order chi connectivity index (χ0) is 21.1. The van der Waals surface area contributed by atoms with Crippen LogP contribution < -0.4 is 5.73 Å². The van der Waals surface area contributed by atoms with Gasteiger partial charge in [-0.1, -0.05) is 36.4 Å². The average molecular weight is 403 g/mol. The van der Waals surface area contributed by atoms with E-state index in [1.165, 1.54) is 18.2 Å². The molecule has 1 aliphatic heterocycles. The van der Waals surface area contributed by atoms with Crippen LogP contribution in [0.1, 0.15) is 22.3 Å². The van der Waals surface area contributed by atoms with E-state index in [1.54, 1.807) is 23.4 Å². The van der Waals surface area contributed by atoms with Crippen LogP contribution in [0.5, 0.6) is 0 Å². The molecule has 2 N–H and O–H groups in total. The second kappa shape index (κ2) is 8.06. The Bertz CT molecular complexity index is 1090. The highest BCUT2D eigenvalue weighted by atomic mass is 19.1. The first kappa shape index (κ1) is 19.8. The number of amides is 2. The number of nitrogens with two attached hydrogens (primary N) is 1. The number of carbonyl (C=O) groups excluding carboxylic acids is 2. The zero-order valence-corrected chi connectivity index (χ0v) is 16.4. The summed E-state index contributed by atoms with van der Waals surface area (Å²) in [7, 11) is 0. The second-order valence-corrected chi connectivity index (χ2v) is 7.71. The van der Waals surface area contributed by atoms with Crippen LogP contribution in [0, 0.1) is 11.2 Å². The molecule has 1 atom stereocenters. The van der Waals surface area contributed by atoms with Crippen LogP contribution in [0.25, 0.3) is 11.1 Å². The minimum atomic E-state index is -0.874. The summed E-state index contributed by atoms with van der Waals surface area (Å²) in [4.78, 5) is 31.2. The molecule has 1 unspecified atom stereocenters. The number of nitrogens with zero attached hydrogens (tertiary/aromatic N) is 2. The van der Waals surface area contributed by atoms with Crippen LogP contribution in [-0.2, 0) is 11.2 Å². The quantitative estimate of drug-likeness (QED) is 0.709. The molecule has 0 aliphatic carbocycles. The number of aromatic nitrogens is 1. The molecule has 0 bridgehead atoms. The molecule has 2 amide bonds. The van der Waals surface area contributed by atoms with Gasteiger partial charge < -0.3 is 10.6 Å². The van der Waals surface area contributed by atoms with Gasteiger partial charge >= 0.3 is 0 Å². The summed E-state index contributed by atoms with van der Waals surface area (Å²) < 4.78 is 13.5. The lowest BCUT2D eigenvalue weighted by atomic mass is 9.78. The van der Waals surface area contributed by atoms with E-state index in [4.69, 9.17) is 5.73 Å². The molecule has 0 saturated carbocycles. The van der Waals surface area contributed by atoms with Crippen molar-refractivity contribution in [3.8, 4) is 11.1 Å². The molecule has 0 radical (unpaired) electrons. The van der Waals surface area contributed by atoms with Crippen LogP contribution in [0.15, 0.2) is 73.1 Å². The van der Waals surface area contributed by atoms with Gasteiger partial charge in [0.05, 0.1) is 5.41 Å². The first-order valence-electron chi connectivity index (χ1n) is 9.82. The molecule has 2 aromatic carbocycles. The van der Waals surface area contributed by atoms with E-state index < -0.39 is 17.1 Å². The highest BCUT2D eigenvalue weighted by molar-refractivity contribution is 5.95. The number of pyridine rings is 1. The van der Waals surface area contributed by atoms with Gasteiger partial charge in [-0.25, -0.2) is 4.39 Å². The Morgan fingerprint density at radius 1 is 1.10 bits per heavy atom. The fraction of sp³-hybridized carbons (Fsp3) is 0.208. The molecule has 1 aromatic heterocycles. The standard InChI is InChI=1S/C24H22FN3O2/c25-20-8-3-6-17(13-20)22(29)28-12-10-24(16-28,23(26)30)14-18-5-1-2-9-21(18)19-7-4-11-27-15-19/h1-9,11,13,15H,10,12,14,16H2,(H2,26,30). The zero-order valence-electron chi connectivity index (χ0n) is 16.4. The Morgan fingerprint density at radius 3 is 2.67 bits per heavy atom. The van der Waals surface area contributed by atoms with Gasteiger partial charge in [-0.3, -0.25) is 14.6 Å². The largest absolute Gasteiger partial charge is 0.369 e. The van der Waals surface area contributed by atoms with Gasteiger partial charge in [0.25, 0.3) is 5.91 Å². The van der Waals surface area contributed by atoms with Crippen LogP contribution in [0.2, 0.25) is 0 Å². The summed E-state index contributed by atoms with van der Waals surface area (Å²) in [6, 6.07) is 17.3. The van der Waals surface area contributed by atoms with Crippen molar-refractivity contribution in [1.82, 2.24) is 9.88 Å². The van der Waals surface area contributed by atoms with Crippen molar-refractivity contribution in [2.75, 3.05) is 13.1 Å². The normalized spacial score (nSPS) is 18.4. The number of carbonyl (C=O) groups is 2. The van der Waals surface area contributed by atoms with Gasteiger partial charge in [-0.2, -0.15) is 0 Å². The topological polar surface area (TPSA) is 76.3 Å². The minimum Gasteiger partial charge on any atom is -0.369 e. The van der Waals surface area contributed by atoms with Gasteiger partial charge in [-0.05, 0) is 48.2 Å². The first-order chi connectivity index (χ1) is 14.5. The van der Waals surface area contributed by atoms with Crippen molar-refractivity contribution in [3.63, 3.8) is 0 Å². The molecule has 5 nitrogen and oxygen atoms in total. The Kier molecular flexibility index (Phi) is 5.31. The molecular formula is C24H22FN3O2. The molecule has 1 aliphatic rings. The maximum absolute atomic E-state index is 13.5. The van der Waals surface area contributed by atoms with Crippen LogP contribution in [0.4, 0.5) is 4.39 Å². The maximum Gasteiger partial charge on any atom is 0.253 e. The molecule has 152 valence electrons. The smallest absolute Gasteiger partial charge is 0.253 e. The van der Waals surface area contributed by atoms with Gasteiger partial charge in [0.15, 0.2) is 0 Å². The lowest BCUT2D eigenvalue weighted by Crippen LogP contribution is -2.42. The number of rotatable bonds is 5. The van der Waals surface area contributed by atoms with E-state index in [2.05, 4.69) is 4.98 Å². The lowest BCUT2D eigenvalue weighted by molar-refractivity contribution is -0.126. The SMILES string of the molecule is NC(=O)C1(Cc2ccccc2-c2cccnc2)CCN(C(=O)c2cccc(F)c2)C1. The minimum absolute atomic E-state index is 0.207. The maximum atomic E-state index is 13.5. The predicted molar refractivity (Wildman–Crippen MR) is 112 cm³/mol. The number of benzene rings is 2. The van der Waals surface area contributed by atoms with E-state index in [-0.39, 0.29) is 18.0 Å². The van der Waals surface area contributed by atoms with Crippen molar-refractivity contribution >= 4 is 11.8 Å². The van der Waals surface area contributed by atoms with Crippen molar-refractivity contribution in [3.05, 3.63) is 90.0 Å². The number of hydrogen-bond acceptors (Lipinski definition) is 3. The van der Waals surface area contributed by atoms with Gasteiger partial charge in [-0.15, -0.1) is 0 Å². The van der Waals surface area contributed by atoms with Crippen molar-refractivity contribution in [1.29, 1.82) is 0 Å². The Labute approximate surface area is 174 Å². The molecule has 3 aromatic rings. The summed E-state index contributed by atoms with van der Waals surface area (Å²) in [5.74, 6) is -1.19. The molecule has 6 heteroatoms. The fourth-order valence-electron chi connectivity index (χ4n) is 4.13. The van der Waals surface area contributed by atoms with Gasteiger partial charge in [0.2, 0.25) is 5.91 Å². The predicted octanol–water partition coefficient (Wildman–Crippen LogP) is 3.45. The third kappa shape index (κ3) is 3.81. The number of hydrogen-bond donors (Lipinski definition) is 1. The highest BCUT2D eigenvalue weighted by Gasteiger charge is 2.45. The van der Waals surface area contributed by atoms with Gasteiger partial charge in [0.1, 0.15) is 5.82 Å². The lowest BCUT2D eigenvalue weighted by Gasteiger charge is -2.27. The summed E-state index contributed by atoms with van der Waals surface area (Å²) in [5, 5.41) is 0. The van der Waals surface area contributed by atoms with E-state index in [0.29, 0.717) is 19.4 Å². The Balaban J connectivity index is 1.62. The van der Waals surface area contributed by atoms with E-state index in [1.807, 2.05) is 36.4 Å². The van der Waals surface area contributed by atoms with Crippen LogP contribution in [-0.4, -0.2) is 34.8 Å². The second-order valence-electron chi connectivity index (χ2n) is 7.71. The fourth-order valence-corrected chi connectivity index (χ4v) is 4.13.